The van der Waals surface area contributed by atoms with Crippen LogP contribution in [0.15, 0.2) is 182 Å². The number of unbranched alkanes of at least 4 members (excludes halogenated alkanes) is 10. The van der Waals surface area contributed by atoms with Gasteiger partial charge in [-0.15, -0.1) is 0 Å². The molecule has 0 heterocycles. The highest BCUT2D eigenvalue weighted by atomic mass is 16.5. The van der Waals surface area contributed by atoms with Crippen LogP contribution >= 0.6 is 0 Å². The van der Waals surface area contributed by atoms with Crippen LogP contribution < -0.4 is 9.47 Å². The van der Waals surface area contributed by atoms with Gasteiger partial charge in [0, 0.05) is 61.2 Å². The van der Waals surface area contributed by atoms with Crippen molar-refractivity contribution in [3.63, 3.8) is 0 Å². The Morgan fingerprint density at radius 2 is 0.578 bits per heavy atom. The van der Waals surface area contributed by atoms with E-state index < -0.39 is 11.9 Å². The third-order valence-electron chi connectivity index (χ3n) is 21.3. The topological polar surface area (TPSA) is 183 Å². The summed E-state index contributed by atoms with van der Waals surface area (Å²) in [5.41, 5.74) is 14.3. The van der Waals surface area contributed by atoms with Gasteiger partial charge in [-0.3, -0.25) is 14.4 Å². The number of carbonyl (C=O) groups excluding carboxylic acids is 5. The Hall–Kier alpha value is -16.3. The summed E-state index contributed by atoms with van der Waals surface area (Å²) in [6.07, 6.45) is 20.8. The molecule has 0 N–H and O–H groups in total. The van der Waals surface area contributed by atoms with Gasteiger partial charge < -0.3 is 18.9 Å². The van der Waals surface area contributed by atoms with Gasteiger partial charge in [0.15, 0.2) is 34.4 Å². The molecule has 14 nitrogen and oxygen atoms in total. The number of esters is 2. The Morgan fingerprint density at radius 1 is 0.312 bits per heavy atom. The lowest BCUT2D eigenvalue weighted by Gasteiger charge is -2.10. The van der Waals surface area contributed by atoms with Crippen molar-refractivity contribution in [3.05, 3.63) is 372 Å². The first-order chi connectivity index (χ1) is 62.0. The highest BCUT2D eigenvalue weighted by molar-refractivity contribution is 5.99. The van der Waals surface area contributed by atoms with Crippen LogP contribution in [0.1, 0.15) is 291 Å². The lowest BCUT2D eigenvalue weighted by Crippen LogP contribution is -2.04. The number of nitriles is 2. The largest absolute Gasteiger partial charge is 0.492 e. The minimum absolute atomic E-state index is 0.100. The lowest BCUT2D eigenvalue weighted by atomic mass is 9.94. The zero-order chi connectivity index (χ0) is 91.2. The Labute approximate surface area is 751 Å². The van der Waals surface area contributed by atoms with Gasteiger partial charge in [0.2, 0.25) is 0 Å². The van der Waals surface area contributed by atoms with Crippen LogP contribution in [0.2, 0.25) is 0 Å². The quantitative estimate of drug-likeness (QED) is 0.0219. The van der Waals surface area contributed by atoms with Crippen molar-refractivity contribution >= 4 is 87.9 Å². The molecule has 0 unspecified atom stereocenters. The molecular weight excluding hydrogens is 1580 g/mol. The molecule has 0 saturated carbocycles. The predicted molar refractivity (Wildman–Crippen MR) is 509 cm³/mol. The molecule has 1 aliphatic rings. The van der Waals surface area contributed by atoms with E-state index in [2.05, 4.69) is 99.7 Å². The van der Waals surface area contributed by atoms with E-state index >= 15 is 0 Å². The normalized spacial score (nSPS) is 13.2. The zero-order valence-electron chi connectivity index (χ0n) is 73.5. The minimum atomic E-state index is -0.556. The van der Waals surface area contributed by atoms with E-state index in [4.69, 9.17) is 38.7 Å². The molecule has 0 atom stereocenters. The molecule has 628 valence electrons. The van der Waals surface area contributed by atoms with Crippen molar-refractivity contribution in [2.45, 2.75) is 132 Å². The summed E-state index contributed by atoms with van der Waals surface area (Å²) in [4.78, 5) is 76.4. The molecular formula is C114H93N5O9. The second-order valence-corrected chi connectivity index (χ2v) is 31.1. The Kier molecular flexibility index (Phi) is 32.6. The number of allylic oxidation sites excluding steroid dienone is 2. The summed E-state index contributed by atoms with van der Waals surface area (Å²) in [5, 5.41) is 23.3. The van der Waals surface area contributed by atoms with Crippen molar-refractivity contribution in [1.82, 2.24) is 0 Å². The van der Waals surface area contributed by atoms with E-state index in [1.165, 1.54) is 35.0 Å². The maximum Gasteiger partial charge on any atom is 0.337 e. The standard InChI is InChI=1S/C114H93N5O9/c1-14-16-18-20-22-24-46-127-111-71-98(80(8)122)43-39-94(111)35-30-85-55-90-65-105(60-85)108(117-9)68-88-53-82(29-34-95-40-45-100(114(124)126-13)72-112(95)128-47-25-23-21-19-17-15-2)57-102(62-88)106(73-115)66-86-51-81(26-31-93-38-44-99(50-77(93)5)113(123)125-12)56-101(61-86)107(74-116)67-87-52-83(27-32-91-36-41-96(78(6)120)48-75(91)3)58-103(63-87)109(118-10)69-89-54-84(59-104(64-89)110(70-90)119-11)28-33-92-37-42-97(79(7)121)49-76(92)4/h36-45,48-72H,14-25,46-47H2,1-8,12-13H3/b106-66+,107-67+,108-68-,109-69-,110-70-. The molecule has 11 rings (SSSR count). The number of ketones is 3. The van der Waals surface area contributed by atoms with Crippen LogP contribution in [0.5, 0.6) is 11.5 Å². The van der Waals surface area contributed by atoms with Crippen LogP contribution in [-0.4, -0.2) is 56.7 Å². The molecule has 0 radical (unpaired) electrons. The molecule has 1 aliphatic carbocycles. The number of methoxy groups -OCH3 is 2. The number of nitrogens with zero attached hydrogens (tertiary/aromatic N) is 5. The predicted octanol–water partition coefficient (Wildman–Crippen LogP) is 25.0. The monoisotopic (exact) mass is 1680 g/mol. The number of fused-ring (bicyclic) bond motifs is 10. The molecule has 0 aliphatic heterocycles. The first-order valence-electron chi connectivity index (χ1n) is 42.4. The van der Waals surface area contributed by atoms with E-state index in [9.17, 15) is 34.5 Å². The first kappa shape index (κ1) is 92.4. The van der Waals surface area contributed by atoms with Crippen molar-refractivity contribution < 1.29 is 42.9 Å². The number of Topliss-reactive ketones (excluding diaryl/α,β-unsaturated/α-hetero) is 3. The molecule has 0 saturated heterocycles. The van der Waals surface area contributed by atoms with Gasteiger partial charge >= 0.3 is 11.9 Å². The van der Waals surface area contributed by atoms with Gasteiger partial charge in [-0.25, -0.2) is 24.1 Å². The Bertz CT molecular complexity index is 6860. The lowest BCUT2D eigenvalue weighted by molar-refractivity contribution is 0.0591. The zero-order valence-corrected chi connectivity index (χ0v) is 73.5. The summed E-state index contributed by atoms with van der Waals surface area (Å²) < 4.78 is 23.0. The summed E-state index contributed by atoms with van der Waals surface area (Å²) >= 11 is 0. The fourth-order valence-corrected chi connectivity index (χ4v) is 14.4. The van der Waals surface area contributed by atoms with E-state index in [1.807, 2.05) is 32.9 Å². The average molecular weight is 1680 g/mol. The second-order valence-electron chi connectivity index (χ2n) is 31.1. The highest BCUT2D eigenvalue weighted by Crippen LogP contribution is 2.35. The maximum absolute atomic E-state index is 13.1. The van der Waals surface area contributed by atoms with Crippen molar-refractivity contribution in [3.8, 4) is 82.8 Å². The number of carbonyl (C=O) groups is 5. The van der Waals surface area contributed by atoms with Gasteiger partial charge in [-0.2, -0.15) is 10.5 Å². The molecule has 10 aromatic rings. The number of rotatable bonds is 21. The van der Waals surface area contributed by atoms with Crippen molar-refractivity contribution in [2.75, 3.05) is 27.4 Å². The number of aryl methyl sites for hydroxylation is 3. The SMILES string of the molecule is [C-]#[N+]/C1=C\c2cc(C#Cc3ccc(C(=O)OC)cc3OCCCCCCCC)cc(c2)/C(C#N)=C/c2cc(C#Cc3ccc(C(=O)OC)cc3C)cc(c2)/C(C#N)=C/c2cc(C#Cc3ccc(C(C)=O)cc3C)cc(c2)/C([N+]#[C-])=C/c2cc(C#Cc3ccc(C(C)=O)cc3C)cc(c2)/C([N+]#[C-])=C/c2cc(C#Cc3ccc(C(C)=O)cc3OCCCCCCCC)cc1c2. The Balaban J connectivity index is 1.22. The average Bonchev–Trinajstić information content (AvgIpc) is 0.897. The van der Waals surface area contributed by atoms with E-state index in [-0.39, 0.29) is 51.2 Å². The van der Waals surface area contributed by atoms with E-state index in [0.717, 1.165) is 88.2 Å². The van der Waals surface area contributed by atoms with Gasteiger partial charge in [0.05, 0.1) is 92.7 Å². The van der Waals surface area contributed by atoms with Crippen LogP contribution in [-0.2, 0) is 9.47 Å². The smallest absolute Gasteiger partial charge is 0.337 e. The third-order valence-corrected chi connectivity index (χ3v) is 21.3. The molecule has 10 bridgehead atoms. The fraction of sp³-hybridized carbons (Fsp3) is 0.211. The van der Waals surface area contributed by atoms with Crippen LogP contribution in [0.4, 0.5) is 0 Å². The summed E-state index contributed by atoms with van der Waals surface area (Å²) in [5.74, 6) is 32.6. The van der Waals surface area contributed by atoms with Gasteiger partial charge in [-0.1, -0.05) is 168 Å². The number of hydrogen-bond acceptors (Lipinski definition) is 11. The summed E-state index contributed by atoms with van der Waals surface area (Å²) in [6.45, 7) is 42.3. The highest BCUT2D eigenvalue weighted by Gasteiger charge is 2.19. The summed E-state index contributed by atoms with van der Waals surface area (Å²) in [7, 11) is 2.62. The molecule has 14 heteroatoms. The van der Waals surface area contributed by atoms with Crippen molar-refractivity contribution in [2.24, 2.45) is 0 Å². The molecule has 0 spiro atoms. The molecule has 10 aromatic carbocycles. The van der Waals surface area contributed by atoms with E-state index in [0.29, 0.717) is 164 Å². The van der Waals surface area contributed by atoms with Crippen molar-refractivity contribution in [1.29, 1.82) is 10.5 Å². The molecule has 0 fully saturated rings. The van der Waals surface area contributed by atoms with E-state index in [1.54, 1.807) is 200 Å². The second kappa shape index (κ2) is 45.2. The maximum atomic E-state index is 13.1. The molecule has 0 amide bonds. The number of hydrogen-bond donors (Lipinski definition) is 0. The minimum Gasteiger partial charge on any atom is -0.492 e. The Morgan fingerprint density at radius 3 is 0.891 bits per heavy atom. The van der Waals surface area contributed by atoms with Crippen LogP contribution in [0, 0.1) is 122 Å². The summed E-state index contributed by atoms with van der Waals surface area (Å²) in [6, 6.07) is 57.4. The van der Waals surface area contributed by atoms with Crippen LogP contribution in [0.25, 0.3) is 73.2 Å². The molecule has 128 heavy (non-hydrogen) atoms. The first-order valence-corrected chi connectivity index (χ1v) is 42.4. The molecule has 0 aromatic heterocycles. The van der Waals surface area contributed by atoms with Gasteiger partial charge in [-0.05, 0) is 309 Å². The third kappa shape index (κ3) is 25.4. The fourth-order valence-electron chi connectivity index (χ4n) is 14.4. The van der Waals surface area contributed by atoms with Gasteiger partial charge in [0.1, 0.15) is 11.5 Å². The number of ether oxygens (including phenoxy) is 4. The number of benzene rings is 10. The van der Waals surface area contributed by atoms with Gasteiger partial charge in [0.25, 0.3) is 0 Å². The van der Waals surface area contributed by atoms with Crippen LogP contribution in [0.3, 0.4) is 0 Å².